The molecule has 1 amide bonds. The summed E-state index contributed by atoms with van der Waals surface area (Å²) in [6.45, 7) is 5.85. The molecule has 0 aliphatic carbocycles. The van der Waals surface area contributed by atoms with Gasteiger partial charge in [-0.3, -0.25) is 15.8 Å². The van der Waals surface area contributed by atoms with Gasteiger partial charge in [-0.25, -0.2) is 4.79 Å². The Morgan fingerprint density at radius 1 is 1.17 bits per heavy atom. The molecule has 2 aromatic rings. The number of nitrogens with two attached hydrogens (primary N) is 1. The molecule has 0 fully saturated rings. The molecule has 1 heterocycles. The molecule has 2 aromatic carbocycles. The molecule has 0 spiro atoms. The lowest BCUT2D eigenvalue weighted by atomic mass is 10.1. The number of carbonyl (C=O) groups is 1. The summed E-state index contributed by atoms with van der Waals surface area (Å²) in [7, 11) is 0. The third kappa shape index (κ3) is 5.26. The van der Waals surface area contributed by atoms with Gasteiger partial charge >= 0.3 is 6.09 Å². The van der Waals surface area contributed by atoms with E-state index in [1.807, 2.05) is 63.2 Å². The highest BCUT2D eigenvalue weighted by atomic mass is 16.6. The van der Waals surface area contributed by atoms with Gasteiger partial charge in [0, 0.05) is 17.8 Å². The van der Waals surface area contributed by atoms with E-state index in [-0.39, 0.29) is 0 Å². The third-order valence-corrected chi connectivity index (χ3v) is 4.12. The predicted molar refractivity (Wildman–Crippen MR) is 114 cm³/mol. The summed E-state index contributed by atoms with van der Waals surface area (Å²) >= 11 is 0. The number of nitrogens with one attached hydrogen (secondary N) is 4. The van der Waals surface area contributed by atoms with Crippen LogP contribution >= 0.6 is 0 Å². The summed E-state index contributed by atoms with van der Waals surface area (Å²) in [5.74, 6) is 0. The van der Waals surface area contributed by atoms with Gasteiger partial charge in [0.05, 0.1) is 23.3 Å². The molecule has 0 bridgehead atoms. The van der Waals surface area contributed by atoms with Gasteiger partial charge in [-0.2, -0.15) is 0 Å². The van der Waals surface area contributed by atoms with Crippen LogP contribution < -0.4 is 27.0 Å². The zero-order valence-corrected chi connectivity index (χ0v) is 16.7. The summed E-state index contributed by atoms with van der Waals surface area (Å²) in [4.78, 5) is 11.8. The van der Waals surface area contributed by atoms with Crippen LogP contribution in [0, 0.1) is 5.41 Å². The van der Waals surface area contributed by atoms with E-state index in [4.69, 9.17) is 15.9 Å². The van der Waals surface area contributed by atoms with E-state index < -0.39 is 11.7 Å². The van der Waals surface area contributed by atoms with E-state index in [2.05, 4.69) is 16.3 Å². The average Bonchev–Trinajstić information content (AvgIpc) is 3.15. The van der Waals surface area contributed by atoms with Crippen molar-refractivity contribution in [3.05, 3.63) is 71.6 Å². The number of para-hydroxylation sites is 1. The third-order valence-electron chi connectivity index (χ3n) is 4.12. The van der Waals surface area contributed by atoms with Crippen molar-refractivity contribution in [3.63, 3.8) is 0 Å². The largest absolute Gasteiger partial charge is 0.444 e. The molecule has 152 valence electrons. The summed E-state index contributed by atoms with van der Waals surface area (Å²) in [5, 5.41) is 12.9. The van der Waals surface area contributed by atoms with Crippen LogP contribution in [0.4, 0.5) is 16.2 Å². The summed E-state index contributed by atoms with van der Waals surface area (Å²) in [5.41, 5.74) is 15.4. The summed E-state index contributed by atoms with van der Waals surface area (Å²) in [6.07, 6.45) is 1.35. The fourth-order valence-electron chi connectivity index (χ4n) is 2.71. The first-order chi connectivity index (χ1) is 13.7. The minimum absolute atomic E-state index is 0.302. The molecule has 0 saturated carbocycles. The van der Waals surface area contributed by atoms with E-state index >= 15 is 0 Å². The molecule has 6 N–H and O–H groups in total. The zero-order chi connectivity index (χ0) is 21.0. The standard InChI is InChI=1S/C21H26N6O2/c1-21(2,3)29-20(28)24-12-14-8-10-15(11-9-14)27-13-18(25-26-27)19(23)16-6-4-5-7-17(16)22/h4-11,13,23,25-26H,12,22H2,1-3H3,(H,24,28). The van der Waals surface area contributed by atoms with Gasteiger partial charge < -0.3 is 15.8 Å². The number of hydrogen-bond donors (Lipinski definition) is 5. The molecule has 1 aliphatic rings. The molecule has 1 aliphatic heterocycles. The molecule has 0 radical (unpaired) electrons. The van der Waals surface area contributed by atoms with Crippen molar-refractivity contribution < 1.29 is 9.53 Å². The van der Waals surface area contributed by atoms with Crippen molar-refractivity contribution >= 4 is 23.2 Å². The molecule has 3 rings (SSSR count). The number of anilines is 2. The van der Waals surface area contributed by atoms with Crippen LogP contribution in [0.15, 0.2) is 60.4 Å². The Morgan fingerprint density at radius 2 is 1.86 bits per heavy atom. The Morgan fingerprint density at radius 3 is 2.52 bits per heavy atom. The van der Waals surface area contributed by atoms with Crippen molar-refractivity contribution in [2.45, 2.75) is 32.9 Å². The first kappa shape index (κ1) is 20.2. The average molecular weight is 394 g/mol. The minimum atomic E-state index is -0.523. The number of ether oxygens (including phenoxy) is 1. The first-order valence-electron chi connectivity index (χ1n) is 9.25. The number of rotatable bonds is 5. The van der Waals surface area contributed by atoms with Crippen LogP contribution in [0.2, 0.25) is 0 Å². The Balaban J connectivity index is 1.61. The van der Waals surface area contributed by atoms with Gasteiger partial charge in [0.25, 0.3) is 0 Å². The fraction of sp³-hybridized carbons (Fsp3) is 0.238. The van der Waals surface area contributed by atoms with Crippen LogP contribution in [0.1, 0.15) is 31.9 Å². The van der Waals surface area contributed by atoms with Gasteiger partial charge in [0.1, 0.15) is 5.60 Å². The fourth-order valence-corrected chi connectivity index (χ4v) is 2.71. The maximum atomic E-state index is 11.8. The lowest BCUT2D eigenvalue weighted by Crippen LogP contribution is -2.37. The highest BCUT2D eigenvalue weighted by Gasteiger charge is 2.19. The van der Waals surface area contributed by atoms with E-state index in [1.165, 1.54) is 0 Å². The number of nitrogen functional groups attached to an aromatic ring is 1. The van der Waals surface area contributed by atoms with Gasteiger partial charge in [-0.05, 0) is 44.5 Å². The van der Waals surface area contributed by atoms with Crippen LogP contribution in [0.5, 0.6) is 0 Å². The van der Waals surface area contributed by atoms with Crippen LogP contribution in [-0.4, -0.2) is 17.4 Å². The van der Waals surface area contributed by atoms with E-state index in [0.717, 1.165) is 11.3 Å². The second-order valence-electron chi connectivity index (χ2n) is 7.63. The van der Waals surface area contributed by atoms with E-state index in [1.54, 1.807) is 17.3 Å². The first-order valence-corrected chi connectivity index (χ1v) is 9.25. The minimum Gasteiger partial charge on any atom is -0.444 e. The van der Waals surface area contributed by atoms with Gasteiger partial charge in [-0.1, -0.05) is 30.3 Å². The normalized spacial score (nSPS) is 13.5. The lowest BCUT2D eigenvalue weighted by molar-refractivity contribution is 0.0523. The van der Waals surface area contributed by atoms with Gasteiger partial charge in [0.2, 0.25) is 0 Å². The van der Waals surface area contributed by atoms with E-state index in [0.29, 0.717) is 29.2 Å². The Kier molecular flexibility index (Phi) is 5.74. The number of hydrogen-bond acceptors (Lipinski definition) is 7. The molecule has 0 atom stereocenters. The quantitative estimate of drug-likeness (QED) is 0.393. The van der Waals surface area contributed by atoms with Crippen molar-refractivity contribution in [2.24, 2.45) is 0 Å². The predicted octanol–water partition coefficient (Wildman–Crippen LogP) is 3.03. The van der Waals surface area contributed by atoms with Crippen molar-refractivity contribution in [1.29, 1.82) is 5.41 Å². The molecule has 0 aromatic heterocycles. The highest BCUT2D eigenvalue weighted by Crippen LogP contribution is 2.20. The number of nitrogens with zero attached hydrogens (tertiary/aromatic N) is 1. The van der Waals surface area contributed by atoms with Crippen molar-refractivity contribution in [1.82, 2.24) is 16.3 Å². The maximum Gasteiger partial charge on any atom is 0.407 e. The van der Waals surface area contributed by atoms with Gasteiger partial charge in [0.15, 0.2) is 0 Å². The number of carbonyl (C=O) groups excluding carboxylic acids is 1. The SMILES string of the molecule is CC(C)(C)OC(=O)NCc1ccc(N2C=C(C(=N)c3ccccc3N)NN2)cc1. The van der Waals surface area contributed by atoms with E-state index in [9.17, 15) is 4.79 Å². The number of amides is 1. The zero-order valence-electron chi connectivity index (χ0n) is 16.7. The molecule has 29 heavy (non-hydrogen) atoms. The molecule has 0 saturated heterocycles. The summed E-state index contributed by atoms with van der Waals surface area (Å²) < 4.78 is 5.23. The molecule has 0 unspecified atom stereocenters. The second kappa shape index (κ2) is 8.24. The summed E-state index contributed by atoms with van der Waals surface area (Å²) in [6, 6.07) is 14.9. The Hall–Kier alpha value is -3.52. The second-order valence-corrected chi connectivity index (χ2v) is 7.63. The van der Waals surface area contributed by atoms with Crippen LogP contribution in [-0.2, 0) is 11.3 Å². The van der Waals surface area contributed by atoms with Crippen LogP contribution in [0.25, 0.3) is 0 Å². The number of alkyl carbamates (subject to hydrolysis) is 1. The van der Waals surface area contributed by atoms with Crippen molar-refractivity contribution in [2.75, 3.05) is 10.7 Å². The molecule has 8 nitrogen and oxygen atoms in total. The smallest absolute Gasteiger partial charge is 0.407 e. The number of allylic oxidation sites excluding steroid dienone is 1. The molecular weight excluding hydrogens is 368 g/mol. The maximum absolute atomic E-state index is 11.8. The Labute approximate surface area is 170 Å². The Bertz CT molecular complexity index is 931. The molecular formula is C21H26N6O2. The van der Waals surface area contributed by atoms with Gasteiger partial charge in [-0.15, -0.1) is 5.53 Å². The van der Waals surface area contributed by atoms with Crippen LogP contribution in [0.3, 0.4) is 0 Å². The lowest BCUT2D eigenvalue weighted by Gasteiger charge is -2.20. The number of hydrazine groups is 2. The monoisotopic (exact) mass is 394 g/mol. The number of benzene rings is 2. The topological polar surface area (TPSA) is 116 Å². The van der Waals surface area contributed by atoms with Crippen molar-refractivity contribution in [3.8, 4) is 0 Å². The highest BCUT2D eigenvalue weighted by molar-refractivity contribution is 6.13. The molecule has 8 heteroatoms.